The molecule has 1 aromatic heterocycles. The zero-order chi connectivity index (χ0) is 19.2. The van der Waals surface area contributed by atoms with E-state index in [1.807, 2.05) is 30.5 Å². The van der Waals surface area contributed by atoms with Gasteiger partial charge >= 0.3 is 6.09 Å². The summed E-state index contributed by atoms with van der Waals surface area (Å²) in [6, 6.07) is 8.24. The normalized spacial score (nSPS) is 12.3. The molecule has 0 fully saturated rings. The van der Waals surface area contributed by atoms with Crippen molar-refractivity contribution in [3.63, 3.8) is 0 Å². The Morgan fingerprint density at radius 3 is 2.50 bits per heavy atom. The number of ether oxygens (including phenoxy) is 1. The number of hydrogen-bond donors (Lipinski definition) is 2. The molecular weight excluding hydrogens is 350 g/mol. The summed E-state index contributed by atoms with van der Waals surface area (Å²) in [7, 11) is 0. The highest BCUT2D eigenvalue weighted by atomic mass is 32.1. The quantitative estimate of drug-likeness (QED) is 0.809. The maximum Gasteiger partial charge on any atom is 0.408 e. The minimum absolute atomic E-state index is 0.312. The second-order valence-corrected chi connectivity index (χ2v) is 7.74. The number of rotatable bonds is 6. The summed E-state index contributed by atoms with van der Waals surface area (Å²) in [6.45, 7) is 7.68. The molecule has 1 atom stereocenters. The zero-order valence-corrected chi connectivity index (χ0v) is 16.4. The molecular formula is C19H25N3O3S. The van der Waals surface area contributed by atoms with Gasteiger partial charge < -0.3 is 15.4 Å². The third-order valence-corrected chi connectivity index (χ3v) is 4.44. The number of aryl methyl sites for hydroxylation is 1. The van der Waals surface area contributed by atoms with Crippen LogP contribution in [0.25, 0.3) is 0 Å². The van der Waals surface area contributed by atoms with Gasteiger partial charge in [0.05, 0.1) is 17.2 Å². The first-order valence-corrected chi connectivity index (χ1v) is 9.42. The van der Waals surface area contributed by atoms with Crippen molar-refractivity contribution in [3.8, 4) is 0 Å². The van der Waals surface area contributed by atoms with Gasteiger partial charge in [0, 0.05) is 5.38 Å². The zero-order valence-electron chi connectivity index (χ0n) is 15.5. The molecule has 1 aromatic carbocycles. The first-order chi connectivity index (χ1) is 12.3. The average molecular weight is 375 g/mol. The van der Waals surface area contributed by atoms with Gasteiger partial charge in [-0.3, -0.25) is 4.79 Å². The van der Waals surface area contributed by atoms with Gasteiger partial charge in [0.25, 0.3) is 0 Å². The number of nitrogens with one attached hydrogen (secondary N) is 2. The highest BCUT2D eigenvalue weighted by Crippen LogP contribution is 2.16. The summed E-state index contributed by atoms with van der Waals surface area (Å²) in [4.78, 5) is 29.3. The van der Waals surface area contributed by atoms with Crippen LogP contribution in [-0.2, 0) is 22.5 Å². The Morgan fingerprint density at radius 1 is 1.23 bits per heavy atom. The van der Waals surface area contributed by atoms with Gasteiger partial charge in [-0.1, -0.05) is 37.3 Å². The molecule has 1 heterocycles. The predicted molar refractivity (Wildman–Crippen MR) is 102 cm³/mol. The molecule has 0 aliphatic carbocycles. The molecule has 0 spiro atoms. The molecule has 0 saturated carbocycles. The van der Waals surface area contributed by atoms with Crippen LogP contribution >= 0.6 is 11.3 Å². The van der Waals surface area contributed by atoms with Crippen LogP contribution in [0.5, 0.6) is 0 Å². The largest absolute Gasteiger partial charge is 0.444 e. The van der Waals surface area contributed by atoms with Gasteiger partial charge in [-0.15, -0.1) is 11.3 Å². The van der Waals surface area contributed by atoms with E-state index in [1.54, 1.807) is 44.2 Å². The van der Waals surface area contributed by atoms with Gasteiger partial charge in [-0.05, 0) is 32.8 Å². The second kappa shape index (κ2) is 8.80. The second-order valence-electron chi connectivity index (χ2n) is 6.79. The van der Waals surface area contributed by atoms with Crippen LogP contribution in [0, 0.1) is 0 Å². The highest BCUT2D eigenvalue weighted by Gasteiger charge is 2.25. The van der Waals surface area contributed by atoms with Crippen LogP contribution in [0.3, 0.4) is 0 Å². The molecule has 2 rings (SSSR count). The summed E-state index contributed by atoms with van der Waals surface area (Å²) < 4.78 is 5.28. The molecule has 2 N–H and O–H groups in total. The van der Waals surface area contributed by atoms with Crippen molar-refractivity contribution in [1.29, 1.82) is 0 Å². The summed E-state index contributed by atoms with van der Waals surface area (Å²) in [5.74, 6) is -0.312. The minimum Gasteiger partial charge on any atom is -0.444 e. The SMILES string of the molecule is CCc1nc(CNC(=O)[C@@H](NC(=O)OC(C)(C)C)c2ccccc2)cs1. The number of thiazole rings is 1. The Kier molecular flexibility index (Phi) is 6.74. The minimum atomic E-state index is -0.838. The van der Waals surface area contributed by atoms with Crippen molar-refractivity contribution >= 4 is 23.3 Å². The van der Waals surface area contributed by atoms with Crippen LogP contribution in [0.4, 0.5) is 4.79 Å². The van der Waals surface area contributed by atoms with Crippen LogP contribution in [0.1, 0.15) is 50.0 Å². The first kappa shape index (κ1) is 19.9. The van der Waals surface area contributed by atoms with E-state index < -0.39 is 17.7 Å². The third-order valence-electron chi connectivity index (χ3n) is 3.40. The van der Waals surface area contributed by atoms with Crippen LogP contribution < -0.4 is 10.6 Å². The smallest absolute Gasteiger partial charge is 0.408 e. The molecule has 26 heavy (non-hydrogen) atoms. The number of carbonyl (C=O) groups excluding carboxylic acids is 2. The molecule has 0 aliphatic heterocycles. The van der Waals surface area contributed by atoms with Crippen LogP contribution in [0.2, 0.25) is 0 Å². The van der Waals surface area contributed by atoms with Gasteiger partial charge in [-0.2, -0.15) is 0 Å². The van der Waals surface area contributed by atoms with E-state index in [0.717, 1.165) is 17.1 Å². The number of carbonyl (C=O) groups is 2. The Labute approximate surface area is 158 Å². The number of amides is 2. The average Bonchev–Trinajstić information content (AvgIpc) is 3.05. The summed E-state index contributed by atoms with van der Waals surface area (Å²) in [5.41, 5.74) is 0.853. The molecule has 0 radical (unpaired) electrons. The molecule has 7 heteroatoms. The molecule has 2 amide bonds. The number of nitrogens with zero attached hydrogens (tertiary/aromatic N) is 1. The number of hydrogen-bond acceptors (Lipinski definition) is 5. The first-order valence-electron chi connectivity index (χ1n) is 8.54. The lowest BCUT2D eigenvalue weighted by atomic mass is 10.1. The predicted octanol–water partition coefficient (Wildman–Crippen LogP) is 3.59. The molecule has 0 bridgehead atoms. The van der Waals surface area contributed by atoms with Crippen molar-refractivity contribution in [3.05, 3.63) is 52.0 Å². The molecule has 2 aromatic rings. The van der Waals surface area contributed by atoms with E-state index in [-0.39, 0.29) is 5.91 Å². The molecule has 0 aliphatic rings. The maximum absolute atomic E-state index is 12.7. The fourth-order valence-corrected chi connectivity index (χ4v) is 2.99. The van der Waals surface area contributed by atoms with E-state index in [2.05, 4.69) is 15.6 Å². The van der Waals surface area contributed by atoms with Crippen molar-refractivity contribution in [1.82, 2.24) is 15.6 Å². The van der Waals surface area contributed by atoms with E-state index in [0.29, 0.717) is 12.1 Å². The van der Waals surface area contributed by atoms with E-state index >= 15 is 0 Å². The Bertz CT molecular complexity index is 738. The number of aromatic nitrogens is 1. The van der Waals surface area contributed by atoms with Crippen molar-refractivity contribution in [2.45, 2.75) is 52.3 Å². The lowest BCUT2D eigenvalue weighted by molar-refractivity contribution is -0.123. The summed E-state index contributed by atoms with van der Waals surface area (Å²) in [5, 5.41) is 8.45. The van der Waals surface area contributed by atoms with Crippen LogP contribution in [-0.4, -0.2) is 22.6 Å². The number of benzene rings is 1. The van der Waals surface area contributed by atoms with Crippen LogP contribution in [0.15, 0.2) is 35.7 Å². The lowest BCUT2D eigenvalue weighted by Gasteiger charge is -2.23. The summed E-state index contributed by atoms with van der Waals surface area (Å²) >= 11 is 1.57. The monoisotopic (exact) mass is 375 g/mol. The fourth-order valence-electron chi connectivity index (χ4n) is 2.24. The topological polar surface area (TPSA) is 80.3 Å². The standard InChI is InChI=1S/C19H25N3O3S/c1-5-15-21-14(12-26-15)11-20-17(23)16(13-9-7-6-8-10-13)22-18(24)25-19(2,3)4/h6-10,12,16H,5,11H2,1-4H3,(H,20,23)(H,22,24)/t16-/m0/s1. The van der Waals surface area contributed by atoms with E-state index in [1.165, 1.54) is 0 Å². The van der Waals surface area contributed by atoms with Gasteiger partial charge in [0.15, 0.2) is 0 Å². The molecule has 6 nitrogen and oxygen atoms in total. The van der Waals surface area contributed by atoms with Crippen molar-refractivity contribution < 1.29 is 14.3 Å². The lowest BCUT2D eigenvalue weighted by Crippen LogP contribution is -2.42. The summed E-state index contributed by atoms with van der Waals surface area (Å²) in [6.07, 6.45) is 0.231. The Morgan fingerprint density at radius 2 is 1.92 bits per heavy atom. The Balaban J connectivity index is 2.07. The van der Waals surface area contributed by atoms with Crippen molar-refractivity contribution in [2.75, 3.05) is 0 Å². The third kappa shape index (κ3) is 6.15. The van der Waals surface area contributed by atoms with E-state index in [9.17, 15) is 9.59 Å². The molecule has 0 unspecified atom stereocenters. The van der Waals surface area contributed by atoms with E-state index in [4.69, 9.17) is 4.74 Å². The maximum atomic E-state index is 12.7. The van der Waals surface area contributed by atoms with Crippen molar-refractivity contribution in [2.24, 2.45) is 0 Å². The number of alkyl carbamates (subject to hydrolysis) is 1. The van der Waals surface area contributed by atoms with Gasteiger partial charge in [-0.25, -0.2) is 9.78 Å². The molecule has 140 valence electrons. The van der Waals surface area contributed by atoms with Gasteiger partial charge in [0.2, 0.25) is 5.91 Å². The Hall–Kier alpha value is -2.41. The molecule has 0 saturated heterocycles. The van der Waals surface area contributed by atoms with Gasteiger partial charge in [0.1, 0.15) is 11.6 Å². The highest BCUT2D eigenvalue weighted by molar-refractivity contribution is 7.09. The fraction of sp³-hybridized carbons (Fsp3) is 0.421.